The smallest absolute Gasteiger partial charge is 0.312 e. The molecule has 0 fully saturated rings. The lowest BCUT2D eigenvalue weighted by Gasteiger charge is -2.17. The van der Waals surface area contributed by atoms with Crippen molar-refractivity contribution in [3.8, 4) is 0 Å². The molecule has 106 valence electrons. The third kappa shape index (κ3) is 5.52. The van der Waals surface area contributed by atoms with E-state index in [1.54, 1.807) is 10.9 Å². The number of hydrogen-bond donors (Lipinski definition) is 2. The van der Waals surface area contributed by atoms with Crippen molar-refractivity contribution in [2.45, 2.75) is 26.8 Å². The molecule has 0 aliphatic heterocycles. The van der Waals surface area contributed by atoms with Gasteiger partial charge in [-0.15, -0.1) is 0 Å². The van der Waals surface area contributed by atoms with Crippen LogP contribution in [0.25, 0.3) is 0 Å². The molecule has 0 aliphatic rings. The molecule has 1 amide bonds. The Hall–Kier alpha value is -1.89. The highest BCUT2D eigenvalue weighted by atomic mass is 16.4. The molecule has 2 N–H and O–H groups in total. The van der Waals surface area contributed by atoms with Gasteiger partial charge in [-0.05, 0) is 13.1 Å². The highest BCUT2D eigenvalue weighted by molar-refractivity contribution is 6.01. The predicted molar refractivity (Wildman–Crippen MR) is 70.9 cm³/mol. The summed E-state index contributed by atoms with van der Waals surface area (Å²) < 4.78 is 1.73. The van der Waals surface area contributed by atoms with Crippen molar-refractivity contribution in [3.05, 3.63) is 12.4 Å². The molecule has 0 aromatic carbocycles. The van der Waals surface area contributed by atoms with E-state index in [0.29, 0.717) is 5.69 Å². The van der Waals surface area contributed by atoms with Crippen molar-refractivity contribution >= 4 is 17.6 Å². The van der Waals surface area contributed by atoms with Crippen LogP contribution in [0.2, 0.25) is 0 Å². The van der Waals surface area contributed by atoms with Crippen LogP contribution in [0.1, 0.15) is 20.3 Å². The van der Waals surface area contributed by atoms with Gasteiger partial charge in [0.1, 0.15) is 6.42 Å². The van der Waals surface area contributed by atoms with Gasteiger partial charge < -0.3 is 15.3 Å². The molecule has 0 saturated carbocycles. The summed E-state index contributed by atoms with van der Waals surface area (Å²) in [5.41, 5.74) is 0.519. The average molecular weight is 268 g/mol. The summed E-state index contributed by atoms with van der Waals surface area (Å²) in [6.45, 7) is 7.79. The number of rotatable bonds is 8. The number of hydrogen-bond acceptors (Lipinski definition) is 4. The molecule has 0 spiro atoms. The van der Waals surface area contributed by atoms with Gasteiger partial charge in [-0.1, -0.05) is 13.8 Å². The van der Waals surface area contributed by atoms with Gasteiger partial charge in [0, 0.05) is 12.7 Å². The number of likely N-dealkylation sites (N-methyl/N-ethyl adjacent to an activating group) is 1. The summed E-state index contributed by atoms with van der Waals surface area (Å²) in [6.07, 6.45) is 2.68. The molecule has 0 atom stereocenters. The van der Waals surface area contributed by atoms with Gasteiger partial charge in [0.15, 0.2) is 0 Å². The summed E-state index contributed by atoms with van der Waals surface area (Å²) in [4.78, 5) is 23.9. The normalized spacial score (nSPS) is 10.7. The van der Waals surface area contributed by atoms with Crippen LogP contribution in [0.5, 0.6) is 0 Å². The van der Waals surface area contributed by atoms with Crippen LogP contribution in [0.15, 0.2) is 12.4 Å². The van der Waals surface area contributed by atoms with E-state index in [4.69, 9.17) is 5.11 Å². The Kier molecular flexibility index (Phi) is 6.01. The summed E-state index contributed by atoms with van der Waals surface area (Å²) in [5, 5.41) is 15.1. The Bertz CT molecular complexity index is 426. The van der Waals surface area contributed by atoms with E-state index in [1.807, 2.05) is 0 Å². The topological polar surface area (TPSA) is 87.5 Å². The first-order chi connectivity index (χ1) is 9.05. The monoisotopic (exact) mass is 268 g/mol. The molecular weight excluding hydrogens is 248 g/mol. The van der Waals surface area contributed by atoms with E-state index < -0.39 is 18.3 Å². The Morgan fingerprint density at radius 1 is 1.42 bits per heavy atom. The van der Waals surface area contributed by atoms with Crippen LogP contribution in [0, 0.1) is 0 Å². The molecule has 7 nitrogen and oxygen atoms in total. The number of amides is 1. The number of carboxylic acid groups (broad SMARTS) is 1. The van der Waals surface area contributed by atoms with Crippen molar-refractivity contribution in [1.29, 1.82) is 0 Å². The number of carboxylic acids is 1. The number of nitrogens with one attached hydrogen (secondary N) is 1. The van der Waals surface area contributed by atoms with Crippen LogP contribution < -0.4 is 5.32 Å². The van der Waals surface area contributed by atoms with Gasteiger partial charge in [-0.3, -0.25) is 14.3 Å². The Morgan fingerprint density at radius 2 is 2.11 bits per heavy atom. The lowest BCUT2D eigenvalue weighted by Crippen LogP contribution is -2.27. The summed E-state index contributed by atoms with van der Waals surface area (Å²) in [5.74, 6) is -1.69. The first-order valence-corrected chi connectivity index (χ1v) is 6.31. The van der Waals surface area contributed by atoms with E-state index in [2.05, 4.69) is 29.2 Å². The minimum absolute atomic E-state index is 0.519. The minimum Gasteiger partial charge on any atom is -0.481 e. The lowest BCUT2D eigenvalue weighted by atomic mass is 10.4. The van der Waals surface area contributed by atoms with E-state index in [0.717, 1.165) is 26.2 Å². The fourth-order valence-corrected chi connectivity index (χ4v) is 1.68. The summed E-state index contributed by atoms with van der Waals surface area (Å²) in [7, 11) is 0. The van der Waals surface area contributed by atoms with Gasteiger partial charge in [0.25, 0.3) is 0 Å². The molecule has 1 rings (SSSR count). The molecule has 1 aromatic rings. The quantitative estimate of drug-likeness (QED) is 0.675. The maximum absolute atomic E-state index is 11.3. The van der Waals surface area contributed by atoms with Crippen molar-refractivity contribution in [2.24, 2.45) is 0 Å². The standard InChI is InChI=1S/C12H20N4O3/c1-3-15(4-2)5-6-16-9-10(8-13-16)14-11(17)7-12(18)19/h8-9H,3-7H2,1-2H3,(H,14,17)(H,18,19). The van der Waals surface area contributed by atoms with Gasteiger partial charge in [0.2, 0.25) is 5.91 Å². The zero-order valence-corrected chi connectivity index (χ0v) is 11.3. The molecule has 7 heteroatoms. The van der Waals surface area contributed by atoms with Crippen molar-refractivity contribution < 1.29 is 14.7 Å². The molecule has 0 saturated heterocycles. The maximum Gasteiger partial charge on any atom is 0.312 e. The predicted octanol–water partition coefficient (Wildman–Crippen LogP) is 0.638. The maximum atomic E-state index is 11.3. The number of aromatic nitrogens is 2. The van der Waals surface area contributed by atoms with E-state index in [-0.39, 0.29) is 0 Å². The van der Waals surface area contributed by atoms with E-state index in [9.17, 15) is 9.59 Å². The highest BCUT2D eigenvalue weighted by Gasteiger charge is 2.09. The molecule has 0 unspecified atom stereocenters. The second-order valence-electron chi connectivity index (χ2n) is 4.14. The average Bonchev–Trinajstić information content (AvgIpc) is 2.77. The van der Waals surface area contributed by atoms with Gasteiger partial charge >= 0.3 is 5.97 Å². The largest absolute Gasteiger partial charge is 0.481 e. The Morgan fingerprint density at radius 3 is 2.68 bits per heavy atom. The van der Waals surface area contributed by atoms with Crippen molar-refractivity contribution in [3.63, 3.8) is 0 Å². The zero-order chi connectivity index (χ0) is 14.3. The highest BCUT2D eigenvalue weighted by Crippen LogP contribution is 2.05. The van der Waals surface area contributed by atoms with Crippen LogP contribution in [-0.2, 0) is 16.1 Å². The molecule has 19 heavy (non-hydrogen) atoms. The first-order valence-electron chi connectivity index (χ1n) is 6.31. The first kappa shape index (κ1) is 15.2. The summed E-state index contributed by atoms with van der Waals surface area (Å²) in [6, 6.07) is 0. The molecule has 1 aromatic heterocycles. The number of nitrogens with zero attached hydrogens (tertiary/aromatic N) is 3. The second kappa shape index (κ2) is 7.52. The van der Waals surface area contributed by atoms with Crippen LogP contribution in [0.3, 0.4) is 0 Å². The van der Waals surface area contributed by atoms with Gasteiger partial charge in [0.05, 0.1) is 18.4 Å². The fourth-order valence-electron chi connectivity index (χ4n) is 1.68. The number of carbonyl (C=O) groups is 2. The lowest BCUT2D eigenvalue weighted by molar-refractivity contribution is -0.139. The summed E-state index contributed by atoms with van der Waals surface area (Å²) >= 11 is 0. The van der Waals surface area contributed by atoms with Crippen LogP contribution in [-0.4, -0.2) is 51.3 Å². The molecule has 0 bridgehead atoms. The minimum atomic E-state index is -1.15. The van der Waals surface area contributed by atoms with E-state index in [1.165, 1.54) is 6.20 Å². The zero-order valence-electron chi connectivity index (χ0n) is 11.3. The second-order valence-corrected chi connectivity index (χ2v) is 4.14. The molecule has 0 radical (unpaired) electrons. The van der Waals surface area contributed by atoms with Gasteiger partial charge in [-0.2, -0.15) is 5.10 Å². The van der Waals surface area contributed by atoms with Crippen LogP contribution >= 0.6 is 0 Å². The SMILES string of the molecule is CCN(CC)CCn1cc(NC(=O)CC(=O)O)cn1. The molecular formula is C12H20N4O3. The molecule has 0 aliphatic carbocycles. The van der Waals surface area contributed by atoms with Gasteiger partial charge in [-0.25, -0.2) is 0 Å². The fraction of sp³-hybridized carbons (Fsp3) is 0.583. The van der Waals surface area contributed by atoms with E-state index >= 15 is 0 Å². The number of carbonyl (C=O) groups excluding carboxylic acids is 1. The number of anilines is 1. The third-order valence-electron chi connectivity index (χ3n) is 2.77. The van der Waals surface area contributed by atoms with Crippen LogP contribution in [0.4, 0.5) is 5.69 Å². The third-order valence-corrected chi connectivity index (χ3v) is 2.77. The number of aliphatic carboxylic acids is 1. The Labute approximate surface area is 112 Å². The molecule has 1 heterocycles. The van der Waals surface area contributed by atoms with Crippen molar-refractivity contribution in [2.75, 3.05) is 25.0 Å². The van der Waals surface area contributed by atoms with Crippen molar-refractivity contribution in [1.82, 2.24) is 14.7 Å². The Balaban J connectivity index is 2.44.